The van der Waals surface area contributed by atoms with E-state index in [0.29, 0.717) is 18.5 Å². The molecule has 2 aromatic carbocycles. The first-order valence-electron chi connectivity index (χ1n) is 10.4. The number of aromatic carboxylic acids is 1. The number of carboxylic acid groups (broad SMARTS) is 1. The van der Waals surface area contributed by atoms with Crippen molar-refractivity contribution < 1.29 is 24.2 Å². The number of aromatic hydroxyl groups is 1. The molecule has 33 heavy (non-hydrogen) atoms. The quantitative estimate of drug-likeness (QED) is 0.572. The highest BCUT2D eigenvalue weighted by Gasteiger charge is 2.34. The summed E-state index contributed by atoms with van der Waals surface area (Å²) in [4.78, 5) is 38.4. The van der Waals surface area contributed by atoms with Crippen molar-refractivity contribution in [2.45, 2.75) is 19.4 Å². The molecule has 0 spiro atoms. The maximum Gasteiger partial charge on any atom is 0.341 e. The molecule has 0 radical (unpaired) electrons. The number of carboxylic acids is 1. The minimum Gasteiger partial charge on any atom is -0.502 e. The van der Waals surface area contributed by atoms with Crippen molar-refractivity contribution in [2.75, 3.05) is 18.2 Å². The molecule has 0 unspecified atom stereocenters. The molecule has 2 N–H and O–H groups in total. The molecule has 4 rings (SSSR count). The zero-order valence-corrected chi connectivity index (χ0v) is 17.6. The Labute approximate surface area is 188 Å². The van der Waals surface area contributed by atoms with Gasteiger partial charge in [0.25, 0.3) is 5.91 Å². The van der Waals surface area contributed by atoms with Crippen LogP contribution in [0.3, 0.4) is 0 Å². The van der Waals surface area contributed by atoms with Gasteiger partial charge in [-0.1, -0.05) is 42.5 Å². The third kappa shape index (κ3) is 4.57. The summed E-state index contributed by atoms with van der Waals surface area (Å²) < 4.78 is 14.5. The van der Waals surface area contributed by atoms with Gasteiger partial charge in [-0.2, -0.15) is 0 Å². The molecular weight excluding hydrogens is 429 g/mol. The predicted octanol–water partition coefficient (Wildman–Crippen LogP) is 2.58. The summed E-state index contributed by atoms with van der Waals surface area (Å²) in [6.07, 6.45) is 2.50. The molecule has 2 heterocycles. The number of aromatic nitrogens is 1. The fourth-order valence-corrected chi connectivity index (χ4v) is 3.86. The molecule has 3 aromatic rings. The molecule has 1 amide bonds. The number of carbonyl (C=O) groups excluding carboxylic acids is 1. The van der Waals surface area contributed by atoms with Gasteiger partial charge in [0.05, 0.1) is 0 Å². The topological polar surface area (TPSA) is 103 Å². The molecular formula is C24H22FN3O5. The van der Waals surface area contributed by atoms with Crippen LogP contribution >= 0.6 is 0 Å². The van der Waals surface area contributed by atoms with Gasteiger partial charge in [0.15, 0.2) is 11.4 Å². The number of aryl methyl sites for hydroxylation is 1. The Hall–Kier alpha value is -4.14. The van der Waals surface area contributed by atoms with Crippen LogP contribution in [0, 0.1) is 5.82 Å². The van der Waals surface area contributed by atoms with Crippen molar-refractivity contribution in [1.29, 1.82) is 0 Å². The average Bonchev–Trinajstić information content (AvgIpc) is 2.80. The lowest BCUT2D eigenvalue weighted by Crippen LogP contribution is -2.54. The minimum atomic E-state index is -1.49. The summed E-state index contributed by atoms with van der Waals surface area (Å²) in [6, 6.07) is 15.5. The molecule has 1 aliphatic rings. The SMILES string of the molecule is O=C(O)c1cn2c(c(O)c1=O)C(=O)N(Cc1ccc(F)cc1)CN2CCCc1ccccc1. The van der Waals surface area contributed by atoms with Gasteiger partial charge in [-0.15, -0.1) is 0 Å². The fourth-order valence-electron chi connectivity index (χ4n) is 3.86. The molecule has 1 aliphatic heterocycles. The van der Waals surface area contributed by atoms with Crippen LogP contribution in [-0.4, -0.2) is 44.9 Å². The Bertz CT molecular complexity index is 1240. The van der Waals surface area contributed by atoms with Crippen LogP contribution in [0.2, 0.25) is 0 Å². The van der Waals surface area contributed by atoms with E-state index < -0.39 is 34.4 Å². The van der Waals surface area contributed by atoms with Gasteiger partial charge in [0.2, 0.25) is 5.43 Å². The summed E-state index contributed by atoms with van der Waals surface area (Å²) >= 11 is 0. The van der Waals surface area contributed by atoms with Crippen LogP contribution < -0.4 is 10.4 Å². The van der Waals surface area contributed by atoms with Crippen LogP contribution in [0.5, 0.6) is 5.75 Å². The van der Waals surface area contributed by atoms with Gasteiger partial charge in [-0.25, -0.2) is 9.18 Å². The molecule has 0 aliphatic carbocycles. The Morgan fingerprint density at radius 3 is 2.36 bits per heavy atom. The summed E-state index contributed by atoms with van der Waals surface area (Å²) in [5, 5.41) is 21.5. The van der Waals surface area contributed by atoms with E-state index in [2.05, 4.69) is 0 Å². The second-order valence-corrected chi connectivity index (χ2v) is 7.81. The van der Waals surface area contributed by atoms with E-state index in [1.54, 1.807) is 17.1 Å². The third-order valence-corrected chi connectivity index (χ3v) is 5.53. The number of amides is 1. The highest BCUT2D eigenvalue weighted by atomic mass is 19.1. The Morgan fingerprint density at radius 2 is 1.70 bits per heavy atom. The van der Waals surface area contributed by atoms with Gasteiger partial charge < -0.3 is 15.1 Å². The maximum absolute atomic E-state index is 13.3. The molecule has 1 aromatic heterocycles. The van der Waals surface area contributed by atoms with Gasteiger partial charge >= 0.3 is 5.97 Å². The van der Waals surface area contributed by atoms with Crippen molar-refractivity contribution in [2.24, 2.45) is 0 Å². The Balaban J connectivity index is 1.67. The second kappa shape index (κ2) is 9.15. The summed E-state index contributed by atoms with van der Waals surface area (Å²) in [6.45, 7) is 0.651. The predicted molar refractivity (Wildman–Crippen MR) is 118 cm³/mol. The fraction of sp³-hybridized carbons (Fsp3) is 0.208. The highest BCUT2D eigenvalue weighted by molar-refractivity contribution is 5.97. The van der Waals surface area contributed by atoms with Gasteiger partial charge in [0.1, 0.15) is 18.0 Å². The van der Waals surface area contributed by atoms with Crippen LogP contribution in [0.1, 0.15) is 38.4 Å². The number of nitrogens with zero attached hydrogens (tertiary/aromatic N) is 3. The Kier molecular flexibility index (Phi) is 6.12. The maximum atomic E-state index is 13.3. The monoisotopic (exact) mass is 451 g/mol. The number of hydrogen-bond donors (Lipinski definition) is 2. The van der Waals surface area contributed by atoms with E-state index in [0.717, 1.165) is 18.2 Å². The van der Waals surface area contributed by atoms with Crippen molar-refractivity contribution >= 4 is 11.9 Å². The van der Waals surface area contributed by atoms with Crippen LogP contribution in [-0.2, 0) is 13.0 Å². The lowest BCUT2D eigenvalue weighted by molar-refractivity contribution is 0.0656. The molecule has 8 nitrogen and oxygen atoms in total. The highest BCUT2D eigenvalue weighted by Crippen LogP contribution is 2.23. The van der Waals surface area contributed by atoms with Gasteiger partial charge in [0, 0.05) is 19.3 Å². The first kappa shape index (κ1) is 22.1. The summed E-state index contributed by atoms with van der Waals surface area (Å²) in [5.74, 6) is -3.42. The van der Waals surface area contributed by atoms with E-state index >= 15 is 0 Å². The van der Waals surface area contributed by atoms with E-state index in [1.165, 1.54) is 21.7 Å². The third-order valence-electron chi connectivity index (χ3n) is 5.53. The minimum absolute atomic E-state index is 0.0966. The standard InChI is InChI=1S/C24H22FN3O5/c25-18-10-8-17(9-11-18)13-26-15-27(12-4-7-16-5-2-1-3-6-16)28-14-19(24(32)33)21(29)22(30)20(28)23(26)31/h1-3,5-6,8-11,14,30H,4,7,12-13,15H2,(H,32,33). The van der Waals surface area contributed by atoms with Crippen molar-refractivity contribution in [3.63, 3.8) is 0 Å². The smallest absolute Gasteiger partial charge is 0.341 e. The molecule has 170 valence electrons. The summed E-state index contributed by atoms with van der Waals surface area (Å²) in [5.41, 5.74) is -0.230. The molecule has 0 saturated heterocycles. The number of benzene rings is 2. The number of hydrogen-bond acceptors (Lipinski definition) is 5. The summed E-state index contributed by atoms with van der Waals surface area (Å²) in [7, 11) is 0. The first-order chi connectivity index (χ1) is 15.8. The lowest BCUT2D eigenvalue weighted by Gasteiger charge is -2.40. The number of pyridine rings is 1. The van der Waals surface area contributed by atoms with E-state index in [1.807, 2.05) is 30.3 Å². The van der Waals surface area contributed by atoms with E-state index in [9.17, 15) is 29.0 Å². The van der Waals surface area contributed by atoms with E-state index in [-0.39, 0.29) is 18.9 Å². The number of halogens is 1. The molecule has 0 saturated carbocycles. The Morgan fingerprint density at radius 1 is 1.00 bits per heavy atom. The number of fused-ring (bicyclic) bond motifs is 1. The first-order valence-corrected chi connectivity index (χ1v) is 10.4. The van der Waals surface area contributed by atoms with Crippen LogP contribution in [0.25, 0.3) is 0 Å². The van der Waals surface area contributed by atoms with Crippen molar-refractivity contribution in [3.8, 4) is 5.75 Å². The number of carbonyl (C=O) groups is 2. The molecule has 0 atom stereocenters. The van der Waals surface area contributed by atoms with E-state index in [4.69, 9.17) is 0 Å². The zero-order chi connectivity index (χ0) is 23.5. The normalized spacial score (nSPS) is 13.2. The largest absolute Gasteiger partial charge is 0.502 e. The van der Waals surface area contributed by atoms with Crippen molar-refractivity contribution in [3.05, 3.63) is 99.2 Å². The second-order valence-electron chi connectivity index (χ2n) is 7.81. The van der Waals surface area contributed by atoms with Gasteiger partial charge in [-0.3, -0.25) is 19.3 Å². The molecule has 9 heteroatoms. The van der Waals surface area contributed by atoms with Gasteiger partial charge in [-0.05, 0) is 36.1 Å². The number of rotatable bonds is 7. The molecule has 0 bridgehead atoms. The van der Waals surface area contributed by atoms with Crippen molar-refractivity contribution in [1.82, 2.24) is 9.58 Å². The lowest BCUT2D eigenvalue weighted by atomic mass is 10.1. The van der Waals surface area contributed by atoms with Crippen LogP contribution in [0.4, 0.5) is 4.39 Å². The molecule has 0 fully saturated rings. The zero-order valence-electron chi connectivity index (χ0n) is 17.6. The average molecular weight is 451 g/mol. The van der Waals surface area contributed by atoms with Crippen LogP contribution in [0.15, 0.2) is 65.6 Å².